The summed E-state index contributed by atoms with van der Waals surface area (Å²) in [6.07, 6.45) is 2.74. The van der Waals surface area contributed by atoms with Gasteiger partial charge in [0.2, 0.25) is 17.6 Å². The van der Waals surface area contributed by atoms with Crippen molar-refractivity contribution >= 4 is 23.2 Å². The minimum Gasteiger partial charge on any atom is -0.338 e. The number of nitrogens with one attached hydrogen (secondary N) is 1. The number of carbonyl (C=O) groups is 1. The van der Waals surface area contributed by atoms with E-state index in [0.29, 0.717) is 29.8 Å². The third-order valence-corrected chi connectivity index (χ3v) is 5.71. The van der Waals surface area contributed by atoms with Gasteiger partial charge in [0.25, 0.3) is 0 Å². The van der Waals surface area contributed by atoms with Gasteiger partial charge in [-0.3, -0.25) is 9.69 Å². The number of aromatic nitrogens is 2. The van der Waals surface area contributed by atoms with Crippen molar-refractivity contribution in [2.24, 2.45) is 5.92 Å². The Hall–Kier alpha value is -2.70. The molecule has 7 heteroatoms. The minimum atomic E-state index is -0.0534. The molecule has 2 aromatic carbocycles. The highest BCUT2D eigenvalue weighted by Gasteiger charge is 2.27. The Morgan fingerprint density at radius 3 is 2.83 bits per heavy atom. The molecule has 6 nitrogen and oxygen atoms in total. The number of anilines is 1. The highest BCUT2D eigenvalue weighted by atomic mass is 35.5. The van der Waals surface area contributed by atoms with Crippen LogP contribution in [0.15, 0.2) is 53.1 Å². The van der Waals surface area contributed by atoms with Gasteiger partial charge in [0.15, 0.2) is 0 Å². The first-order valence-electron chi connectivity index (χ1n) is 10.3. The summed E-state index contributed by atoms with van der Waals surface area (Å²) in [4.78, 5) is 19.6. The first-order valence-corrected chi connectivity index (χ1v) is 10.7. The molecule has 1 N–H and O–H groups in total. The second-order valence-electron chi connectivity index (χ2n) is 7.59. The first kappa shape index (κ1) is 20.6. The van der Waals surface area contributed by atoms with Crippen molar-refractivity contribution < 1.29 is 9.32 Å². The molecule has 0 saturated carbocycles. The van der Waals surface area contributed by atoms with Crippen molar-refractivity contribution in [3.63, 3.8) is 0 Å². The van der Waals surface area contributed by atoms with Crippen molar-refractivity contribution in [1.29, 1.82) is 0 Å². The van der Waals surface area contributed by atoms with Crippen LogP contribution in [0.1, 0.15) is 31.2 Å². The molecule has 0 spiro atoms. The van der Waals surface area contributed by atoms with E-state index in [2.05, 4.69) is 33.3 Å². The predicted molar refractivity (Wildman–Crippen MR) is 117 cm³/mol. The summed E-state index contributed by atoms with van der Waals surface area (Å²) in [5, 5.41) is 7.86. The number of nitrogens with zero attached hydrogens (tertiary/aromatic N) is 3. The fourth-order valence-corrected chi connectivity index (χ4v) is 3.95. The quantitative estimate of drug-likeness (QED) is 0.615. The van der Waals surface area contributed by atoms with Gasteiger partial charge in [0.05, 0.1) is 12.5 Å². The van der Waals surface area contributed by atoms with Gasteiger partial charge in [-0.05, 0) is 61.7 Å². The summed E-state index contributed by atoms with van der Waals surface area (Å²) in [6.45, 7) is 4.22. The number of hydrogen-bond acceptors (Lipinski definition) is 5. The summed E-state index contributed by atoms with van der Waals surface area (Å²) < 4.78 is 5.44. The molecule has 1 amide bonds. The maximum absolute atomic E-state index is 12.9. The van der Waals surface area contributed by atoms with E-state index in [0.717, 1.165) is 42.6 Å². The van der Waals surface area contributed by atoms with Crippen LogP contribution < -0.4 is 5.32 Å². The molecule has 4 rings (SSSR count). The van der Waals surface area contributed by atoms with E-state index in [9.17, 15) is 4.79 Å². The van der Waals surface area contributed by atoms with Crippen LogP contribution in [0, 0.1) is 5.92 Å². The maximum atomic E-state index is 12.9. The molecular weight excluding hydrogens is 400 g/mol. The number of amides is 1. The van der Waals surface area contributed by atoms with Gasteiger partial charge in [0.1, 0.15) is 0 Å². The Kier molecular flexibility index (Phi) is 6.45. The van der Waals surface area contributed by atoms with Crippen LogP contribution >= 0.6 is 11.6 Å². The number of aryl methyl sites for hydroxylation is 1. The molecule has 2 heterocycles. The zero-order valence-corrected chi connectivity index (χ0v) is 17.7. The number of rotatable bonds is 6. The normalized spacial score (nSPS) is 17.1. The van der Waals surface area contributed by atoms with Crippen molar-refractivity contribution in [2.75, 3.05) is 18.4 Å². The largest absolute Gasteiger partial charge is 0.338 e. The van der Waals surface area contributed by atoms with Crippen LogP contribution in [0.25, 0.3) is 11.4 Å². The second-order valence-corrected chi connectivity index (χ2v) is 8.03. The number of benzene rings is 2. The lowest BCUT2D eigenvalue weighted by atomic mass is 9.96. The monoisotopic (exact) mass is 424 g/mol. The van der Waals surface area contributed by atoms with Crippen LogP contribution in [0.4, 0.5) is 5.69 Å². The Morgan fingerprint density at radius 1 is 1.23 bits per heavy atom. The summed E-state index contributed by atoms with van der Waals surface area (Å²) in [7, 11) is 0. The van der Waals surface area contributed by atoms with Gasteiger partial charge < -0.3 is 9.84 Å². The van der Waals surface area contributed by atoms with Crippen LogP contribution in [0.2, 0.25) is 5.02 Å². The number of carbonyl (C=O) groups excluding carboxylic acids is 1. The standard InChI is InChI=1S/C23H25ClN4O2/c1-2-16-6-3-4-8-20(16)25-23(29)18-7-5-13-28(14-18)15-21-26-22(27-30-21)17-9-11-19(24)12-10-17/h3-4,6,8-12,18H,2,5,7,13-15H2,1H3,(H,25,29). The molecule has 1 aliphatic rings. The number of halogens is 1. The van der Waals surface area contributed by atoms with Crippen LogP contribution in [0.3, 0.4) is 0 Å². The van der Waals surface area contributed by atoms with Gasteiger partial charge in [0, 0.05) is 22.8 Å². The Balaban J connectivity index is 1.37. The average Bonchev–Trinajstić information content (AvgIpc) is 3.23. The van der Waals surface area contributed by atoms with E-state index in [1.807, 2.05) is 30.3 Å². The molecule has 156 valence electrons. The van der Waals surface area contributed by atoms with Gasteiger partial charge >= 0.3 is 0 Å². The fraction of sp³-hybridized carbons (Fsp3) is 0.348. The highest BCUT2D eigenvalue weighted by molar-refractivity contribution is 6.30. The van der Waals surface area contributed by atoms with Gasteiger partial charge in [-0.2, -0.15) is 4.98 Å². The number of piperidine rings is 1. The predicted octanol–water partition coefficient (Wildman–Crippen LogP) is 4.80. The molecule has 30 heavy (non-hydrogen) atoms. The van der Waals surface area contributed by atoms with Crippen LogP contribution in [-0.4, -0.2) is 34.0 Å². The SMILES string of the molecule is CCc1ccccc1NC(=O)C1CCCN(Cc2nc(-c3ccc(Cl)cc3)no2)C1. The van der Waals surface area contributed by atoms with E-state index in [4.69, 9.17) is 16.1 Å². The zero-order chi connectivity index (χ0) is 20.9. The van der Waals surface area contributed by atoms with Crippen molar-refractivity contribution in [3.05, 3.63) is 65.0 Å². The summed E-state index contributed by atoms with van der Waals surface area (Å²) in [6, 6.07) is 15.3. The van der Waals surface area contributed by atoms with E-state index in [1.165, 1.54) is 0 Å². The minimum absolute atomic E-state index is 0.0534. The second kappa shape index (κ2) is 9.41. The third-order valence-electron chi connectivity index (χ3n) is 5.46. The van der Waals surface area contributed by atoms with Crippen molar-refractivity contribution in [3.8, 4) is 11.4 Å². The van der Waals surface area contributed by atoms with Crippen LogP contribution in [-0.2, 0) is 17.8 Å². The van der Waals surface area contributed by atoms with Gasteiger partial charge in [-0.15, -0.1) is 0 Å². The van der Waals surface area contributed by atoms with Crippen LogP contribution in [0.5, 0.6) is 0 Å². The molecule has 1 aromatic heterocycles. The molecule has 1 fully saturated rings. The zero-order valence-electron chi connectivity index (χ0n) is 17.0. The smallest absolute Gasteiger partial charge is 0.241 e. The fourth-order valence-electron chi connectivity index (χ4n) is 3.83. The lowest BCUT2D eigenvalue weighted by Gasteiger charge is -2.31. The van der Waals surface area contributed by atoms with E-state index in [1.54, 1.807) is 12.1 Å². The Morgan fingerprint density at radius 2 is 2.03 bits per heavy atom. The van der Waals surface area contributed by atoms with E-state index in [-0.39, 0.29) is 11.8 Å². The molecule has 1 saturated heterocycles. The Bertz CT molecular complexity index is 1000. The average molecular weight is 425 g/mol. The molecule has 0 radical (unpaired) electrons. The molecule has 0 bridgehead atoms. The molecular formula is C23H25ClN4O2. The Labute approximate surface area is 181 Å². The van der Waals surface area contributed by atoms with Crippen molar-refractivity contribution in [1.82, 2.24) is 15.0 Å². The molecule has 1 aliphatic heterocycles. The number of para-hydroxylation sites is 1. The summed E-state index contributed by atoms with van der Waals surface area (Å²) in [5.41, 5.74) is 2.92. The number of likely N-dealkylation sites (tertiary alicyclic amines) is 1. The third kappa shape index (κ3) is 4.89. The van der Waals surface area contributed by atoms with Gasteiger partial charge in [-0.25, -0.2) is 0 Å². The molecule has 3 aromatic rings. The topological polar surface area (TPSA) is 71.3 Å². The molecule has 0 aliphatic carbocycles. The van der Waals surface area contributed by atoms with E-state index >= 15 is 0 Å². The lowest BCUT2D eigenvalue weighted by molar-refractivity contribution is -0.121. The summed E-state index contributed by atoms with van der Waals surface area (Å²) in [5.74, 6) is 1.12. The molecule has 1 atom stereocenters. The maximum Gasteiger partial charge on any atom is 0.241 e. The van der Waals surface area contributed by atoms with Gasteiger partial charge in [-0.1, -0.05) is 41.9 Å². The van der Waals surface area contributed by atoms with Crippen molar-refractivity contribution in [2.45, 2.75) is 32.7 Å². The molecule has 1 unspecified atom stereocenters. The van der Waals surface area contributed by atoms with E-state index < -0.39 is 0 Å². The first-order chi connectivity index (χ1) is 14.6. The summed E-state index contributed by atoms with van der Waals surface area (Å²) >= 11 is 5.94. The highest BCUT2D eigenvalue weighted by Crippen LogP contribution is 2.23. The lowest BCUT2D eigenvalue weighted by Crippen LogP contribution is -2.40. The number of hydrogen-bond donors (Lipinski definition) is 1.